The molecule has 0 aliphatic carbocycles. The number of nitrogens with one attached hydrogen (secondary N) is 1. The van der Waals surface area contributed by atoms with Gasteiger partial charge in [-0.05, 0) is 55.2 Å². The summed E-state index contributed by atoms with van der Waals surface area (Å²) in [5, 5.41) is 2.90. The van der Waals surface area contributed by atoms with Gasteiger partial charge in [0.25, 0.3) is 0 Å². The molecule has 1 aliphatic heterocycles. The molecule has 0 radical (unpaired) electrons. The van der Waals surface area contributed by atoms with E-state index in [2.05, 4.69) is 5.32 Å². The summed E-state index contributed by atoms with van der Waals surface area (Å²) in [5.41, 5.74) is 0.846. The van der Waals surface area contributed by atoms with Crippen molar-refractivity contribution in [1.29, 1.82) is 0 Å². The molecule has 1 N–H and O–H groups in total. The van der Waals surface area contributed by atoms with E-state index in [0.29, 0.717) is 36.6 Å². The maximum absolute atomic E-state index is 13.4. The number of halogens is 1. The molecule has 0 spiro atoms. The third-order valence-corrected chi connectivity index (χ3v) is 5.74. The van der Waals surface area contributed by atoms with Crippen LogP contribution in [0.4, 0.5) is 4.39 Å². The van der Waals surface area contributed by atoms with E-state index in [1.165, 1.54) is 12.1 Å². The molecule has 1 atom stereocenters. The topological polar surface area (TPSA) is 67.9 Å². The number of carbonyl (C=O) groups is 2. The quantitative estimate of drug-likeness (QED) is 0.735. The molecule has 2 aromatic carbocycles. The van der Waals surface area contributed by atoms with E-state index in [4.69, 9.17) is 9.47 Å². The first kappa shape index (κ1) is 22.6. The predicted molar refractivity (Wildman–Crippen MR) is 115 cm³/mol. The Labute approximate surface area is 182 Å². The summed E-state index contributed by atoms with van der Waals surface area (Å²) in [6, 6.07) is 11.6. The van der Waals surface area contributed by atoms with Crippen molar-refractivity contribution in [2.45, 2.75) is 32.7 Å². The number of ether oxygens (including phenoxy) is 2. The molecule has 2 amide bonds. The summed E-state index contributed by atoms with van der Waals surface area (Å²) >= 11 is 0. The minimum absolute atomic E-state index is 0.0314. The molecule has 0 saturated carbocycles. The fourth-order valence-electron chi connectivity index (χ4n) is 3.96. The van der Waals surface area contributed by atoms with E-state index >= 15 is 0 Å². The molecule has 166 valence electrons. The lowest BCUT2D eigenvalue weighted by Crippen LogP contribution is -2.52. The van der Waals surface area contributed by atoms with E-state index in [1.54, 1.807) is 43.4 Å². The number of likely N-dealkylation sites (tertiary alicyclic amines) is 1. The Hall–Kier alpha value is -3.09. The zero-order chi connectivity index (χ0) is 22.4. The molecule has 7 heteroatoms. The maximum atomic E-state index is 13.4. The minimum Gasteiger partial charge on any atom is -0.493 e. The summed E-state index contributed by atoms with van der Waals surface area (Å²) in [4.78, 5) is 27.6. The van der Waals surface area contributed by atoms with Crippen LogP contribution in [0.5, 0.6) is 11.5 Å². The Bertz CT molecular complexity index is 949. The molecular formula is C24H29FN2O4. The highest BCUT2D eigenvalue weighted by Gasteiger charge is 2.39. The average Bonchev–Trinajstić information content (AvgIpc) is 2.77. The molecule has 0 unspecified atom stereocenters. The maximum Gasteiger partial charge on any atom is 0.227 e. The van der Waals surface area contributed by atoms with Gasteiger partial charge < -0.3 is 19.7 Å². The van der Waals surface area contributed by atoms with Crippen LogP contribution in [0, 0.1) is 11.2 Å². The van der Waals surface area contributed by atoms with Crippen LogP contribution in [-0.4, -0.2) is 44.0 Å². The average molecular weight is 429 g/mol. The van der Waals surface area contributed by atoms with Crippen molar-refractivity contribution in [2.75, 3.05) is 27.3 Å². The number of hydrogen-bond acceptors (Lipinski definition) is 4. The van der Waals surface area contributed by atoms with E-state index in [1.807, 2.05) is 13.0 Å². The van der Waals surface area contributed by atoms with Gasteiger partial charge in [0.1, 0.15) is 5.82 Å². The van der Waals surface area contributed by atoms with Crippen molar-refractivity contribution in [3.63, 3.8) is 0 Å². The third kappa shape index (κ3) is 5.54. The lowest BCUT2D eigenvalue weighted by molar-refractivity contribution is -0.140. The van der Waals surface area contributed by atoms with Crippen LogP contribution in [0.1, 0.15) is 30.9 Å². The van der Waals surface area contributed by atoms with Crippen molar-refractivity contribution < 1.29 is 23.5 Å². The van der Waals surface area contributed by atoms with Gasteiger partial charge in [0.05, 0.1) is 26.1 Å². The van der Waals surface area contributed by atoms with Gasteiger partial charge >= 0.3 is 0 Å². The summed E-state index contributed by atoms with van der Waals surface area (Å²) in [5.74, 6) is 0.700. The van der Waals surface area contributed by atoms with E-state index in [0.717, 1.165) is 12.0 Å². The molecule has 1 fully saturated rings. The number of nitrogens with zero attached hydrogens (tertiary/aromatic N) is 1. The van der Waals surface area contributed by atoms with Crippen LogP contribution in [0.25, 0.3) is 0 Å². The molecule has 1 saturated heterocycles. The largest absolute Gasteiger partial charge is 0.493 e. The van der Waals surface area contributed by atoms with Crippen molar-refractivity contribution in [1.82, 2.24) is 10.2 Å². The van der Waals surface area contributed by atoms with Gasteiger partial charge in [0.2, 0.25) is 11.8 Å². The van der Waals surface area contributed by atoms with Gasteiger partial charge in [-0.15, -0.1) is 0 Å². The van der Waals surface area contributed by atoms with E-state index < -0.39 is 5.41 Å². The van der Waals surface area contributed by atoms with Crippen molar-refractivity contribution in [3.8, 4) is 11.5 Å². The third-order valence-electron chi connectivity index (χ3n) is 5.74. The highest BCUT2D eigenvalue weighted by molar-refractivity contribution is 5.85. The molecule has 31 heavy (non-hydrogen) atoms. The van der Waals surface area contributed by atoms with Gasteiger partial charge in [-0.1, -0.05) is 18.2 Å². The molecule has 1 heterocycles. The lowest BCUT2D eigenvalue weighted by Gasteiger charge is -2.39. The van der Waals surface area contributed by atoms with Crippen LogP contribution in [0.3, 0.4) is 0 Å². The first-order chi connectivity index (χ1) is 14.8. The zero-order valence-corrected chi connectivity index (χ0v) is 18.2. The molecule has 1 aliphatic rings. The van der Waals surface area contributed by atoms with Gasteiger partial charge in [-0.2, -0.15) is 0 Å². The molecule has 2 aromatic rings. The monoisotopic (exact) mass is 428 g/mol. The Kier molecular flexibility index (Phi) is 7.15. The molecule has 0 aromatic heterocycles. The lowest BCUT2D eigenvalue weighted by atomic mass is 9.80. The Morgan fingerprint density at radius 2 is 1.87 bits per heavy atom. The van der Waals surface area contributed by atoms with Crippen molar-refractivity contribution in [3.05, 3.63) is 59.4 Å². The molecular weight excluding hydrogens is 399 g/mol. The van der Waals surface area contributed by atoms with Crippen LogP contribution in [-0.2, 0) is 22.6 Å². The van der Waals surface area contributed by atoms with E-state index in [9.17, 15) is 14.0 Å². The molecule has 6 nitrogen and oxygen atoms in total. The Morgan fingerprint density at radius 3 is 2.58 bits per heavy atom. The summed E-state index contributed by atoms with van der Waals surface area (Å²) < 4.78 is 23.9. The van der Waals surface area contributed by atoms with Gasteiger partial charge in [0, 0.05) is 19.6 Å². The predicted octanol–water partition coefficient (Wildman–Crippen LogP) is 3.33. The number of methoxy groups -OCH3 is 2. The highest BCUT2D eigenvalue weighted by atomic mass is 19.1. The standard InChI is InChI=1S/C24H29FN2O4/c1-24(23(29)26-15-18-6-4-7-19(25)12-18)10-5-11-27(16-24)22(28)14-17-8-9-20(30-2)21(13-17)31-3/h4,6-9,12-13H,5,10-11,14-16H2,1-3H3,(H,26,29)/t24-/m0/s1. The number of piperidine rings is 1. The van der Waals surface area contributed by atoms with Gasteiger partial charge in [-0.3, -0.25) is 9.59 Å². The van der Waals surface area contributed by atoms with Gasteiger partial charge in [-0.25, -0.2) is 4.39 Å². The van der Waals surface area contributed by atoms with Crippen LogP contribution in [0.15, 0.2) is 42.5 Å². The fraction of sp³-hybridized carbons (Fsp3) is 0.417. The molecule has 0 bridgehead atoms. The van der Waals surface area contributed by atoms with Crippen LogP contribution < -0.4 is 14.8 Å². The summed E-state index contributed by atoms with van der Waals surface area (Å²) in [6.45, 7) is 3.11. The van der Waals surface area contributed by atoms with Crippen LogP contribution >= 0.6 is 0 Å². The second-order valence-electron chi connectivity index (χ2n) is 8.16. The van der Waals surface area contributed by atoms with Crippen molar-refractivity contribution in [2.24, 2.45) is 5.41 Å². The van der Waals surface area contributed by atoms with Gasteiger partial charge in [0.15, 0.2) is 11.5 Å². The second kappa shape index (κ2) is 9.81. The number of rotatable bonds is 7. The molecule has 3 rings (SSSR count). The number of carbonyl (C=O) groups excluding carboxylic acids is 2. The summed E-state index contributed by atoms with van der Waals surface area (Å²) in [7, 11) is 3.12. The Balaban J connectivity index is 1.61. The number of hydrogen-bond donors (Lipinski definition) is 1. The smallest absolute Gasteiger partial charge is 0.227 e. The summed E-state index contributed by atoms with van der Waals surface area (Å²) in [6.07, 6.45) is 1.67. The Morgan fingerprint density at radius 1 is 1.10 bits per heavy atom. The normalized spacial score (nSPS) is 18.4. The van der Waals surface area contributed by atoms with E-state index in [-0.39, 0.29) is 30.6 Å². The first-order valence-electron chi connectivity index (χ1n) is 10.4. The SMILES string of the molecule is COc1ccc(CC(=O)N2CCC[C@](C)(C(=O)NCc3cccc(F)c3)C2)cc1OC. The number of amides is 2. The van der Waals surface area contributed by atoms with Crippen LogP contribution in [0.2, 0.25) is 0 Å². The second-order valence-corrected chi connectivity index (χ2v) is 8.16. The number of benzene rings is 2. The van der Waals surface area contributed by atoms with Crippen molar-refractivity contribution >= 4 is 11.8 Å². The minimum atomic E-state index is -0.682. The fourth-order valence-corrected chi connectivity index (χ4v) is 3.96. The first-order valence-corrected chi connectivity index (χ1v) is 10.4. The zero-order valence-electron chi connectivity index (χ0n) is 18.2. The highest BCUT2D eigenvalue weighted by Crippen LogP contribution is 2.31.